The minimum Gasteiger partial charge on any atom is -0.488 e. The molecule has 2 heterocycles. The third-order valence-electron chi connectivity index (χ3n) is 5.97. The van der Waals surface area contributed by atoms with Gasteiger partial charge >= 0.3 is 0 Å². The number of rotatable bonds is 10. The van der Waals surface area contributed by atoms with Gasteiger partial charge in [0.25, 0.3) is 0 Å². The first-order valence-corrected chi connectivity index (χ1v) is 11.8. The second-order valence-electron chi connectivity index (χ2n) is 8.53. The Labute approximate surface area is 182 Å². The summed E-state index contributed by atoms with van der Waals surface area (Å²) in [4.78, 5) is 6.99. The number of guanidine groups is 1. The van der Waals surface area contributed by atoms with E-state index in [2.05, 4.69) is 45.6 Å². The number of aliphatic imine (C=N–C) groups is 1. The summed E-state index contributed by atoms with van der Waals surface area (Å²) in [6.45, 7) is 9.07. The van der Waals surface area contributed by atoms with Gasteiger partial charge in [0.1, 0.15) is 11.9 Å². The van der Waals surface area contributed by atoms with Gasteiger partial charge in [0.05, 0.1) is 13.2 Å². The van der Waals surface area contributed by atoms with Crippen LogP contribution in [0.4, 0.5) is 0 Å². The Hall–Kier alpha value is -1.79. The molecule has 0 radical (unpaired) electrons. The molecule has 0 aliphatic carbocycles. The average Bonchev–Trinajstić information content (AvgIpc) is 3.27. The zero-order valence-electron chi connectivity index (χ0n) is 18.9. The first kappa shape index (κ1) is 22.9. The lowest BCUT2D eigenvalue weighted by Crippen LogP contribution is -2.37. The topological polar surface area (TPSA) is 58.1 Å². The Kier molecular flexibility index (Phi) is 9.77. The van der Waals surface area contributed by atoms with E-state index in [1.165, 1.54) is 63.7 Å². The molecule has 1 atom stereocenters. The second-order valence-corrected chi connectivity index (χ2v) is 8.53. The van der Waals surface area contributed by atoms with Gasteiger partial charge in [0.2, 0.25) is 0 Å². The normalized spacial score (nSPS) is 20.3. The van der Waals surface area contributed by atoms with Gasteiger partial charge in [-0.05, 0) is 63.9 Å². The zero-order chi connectivity index (χ0) is 21.0. The number of ether oxygens (including phenoxy) is 2. The molecule has 168 valence electrons. The van der Waals surface area contributed by atoms with Crippen LogP contribution in [-0.4, -0.2) is 63.4 Å². The maximum absolute atomic E-state index is 6.20. The van der Waals surface area contributed by atoms with Crippen LogP contribution in [0.5, 0.6) is 5.75 Å². The smallest absolute Gasteiger partial charge is 0.191 e. The summed E-state index contributed by atoms with van der Waals surface area (Å²) in [5.74, 6) is 1.80. The van der Waals surface area contributed by atoms with E-state index in [9.17, 15) is 0 Å². The number of hydrogen-bond donors (Lipinski definition) is 2. The lowest BCUT2D eigenvalue weighted by Gasteiger charge is -2.26. The lowest BCUT2D eigenvalue weighted by molar-refractivity contribution is 0.140. The zero-order valence-corrected chi connectivity index (χ0v) is 18.9. The fourth-order valence-corrected chi connectivity index (χ4v) is 4.13. The van der Waals surface area contributed by atoms with Crippen molar-refractivity contribution in [3.8, 4) is 5.75 Å². The molecule has 30 heavy (non-hydrogen) atoms. The van der Waals surface area contributed by atoms with E-state index < -0.39 is 0 Å². The summed E-state index contributed by atoms with van der Waals surface area (Å²) >= 11 is 0. The van der Waals surface area contributed by atoms with Gasteiger partial charge in [0.15, 0.2) is 5.96 Å². The summed E-state index contributed by atoms with van der Waals surface area (Å²) in [7, 11) is 1.83. The van der Waals surface area contributed by atoms with Gasteiger partial charge in [-0.25, -0.2) is 0 Å². The van der Waals surface area contributed by atoms with Crippen LogP contribution in [0.1, 0.15) is 56.1 Å². The number of likely N-dealkylation sites (tertiary alicyclic amines) is 1. The highest BCUT2D eigenvalue weighted by Gasteiger charge is 2.18. The molecular weight excluding hydrogens is 376 g/mol. The molecule has 2 aliphatic rings. The van der Waals surface area contributed by atoms with Crippen LogP contribution in [0.3, 0.4) is 0 Å². The van der Waals surface area contributed by atoms with Crippen LogP contribution >= 0.6 is 0 Å². The molecule has 1 aromatic carbocycles. The maximum atomic E-state index is 6.20. The molecule has 2 N–H and O–H groups in total. The van der Waals surface area contributed by atoms with E-state index >= 15 is 0 Å². The van der Waals surface area contributed by atoms with Crippen molar-refractivity contribution in [1.82, 2.24) is 15.5 Å². The largest absolute Gasteiger partial charge is 0.488 e. The van der Waals surface area contributed by atoms with Crippen molar-refractivity contribution in [3.63, 3.8) is 0 Å². The summed E-state index contributed by atoms with van der Waals surface area (Å²) in [6.07, 6.45) is 9.03. The number of hydrogen-bond acceptors (Lipinski definition) is 4. The van der Waals surface area contributed by atoms with Crippen molar-refractivity contribution in [2.45, 2.75) is 64.5 Å². The standard InChI is InChI=1S/C24H40N4O2/c1-20-9-10-21(23(17-20)30-22-11-16-29-19-22)18-27-24(25-2)26-12-5-3-6-13-28-14-7-4-8-15-28/h9-10,17,22H,3-8,11-16,18-19H2,1-2H3,(H2,25,26,27). The minimum absolute atomic E-state index is 0.160. The van der Waals surface area contributed by atoms with Gasteiger partial charge in [0, 0.05) is 32.1 Å². The van der Waals surface area contributed by atoms with Gasteiger partial charge in [-0.2, -0.15) is 0 Å². The highest BCUT2D eigenvalue weighted by Crippen LogP contribution is 2.23. The van der Waals surface area contributed by atoms with Gasteiger partial charge < -0.3 is 25.0 Å². The lowest BCUT2D eigenvalue weighted by atomic mass is 10.1. The molecule has 0 saturated carbocycles. The maximum Gasteiger partial charge on any atom is 0.191 e. The van der Waals surface area contributed by atoms with Crippen LogP contribution in [-0.2, 0) is 11.3 Å². The van der Waals surface area contributed by atoms with Gasteiger partial charge in [-0.1, -0.05) is 25.0 Å². The SMILES string of the molecule is CN=C(NCCCCCN1CCCCC1)NCc1ccc(C)cc1OC1CCOC1. The molecule has 2 aliphatic heterocycles. The van der Waals surface area contributed by atoms with Crippen LogP contribution in [0, 0.1) is 6.92 Å². The van der Waals surface area contributed by atoms with E-state index in [1.54, 1.807) is 0 Å². The van der Waals surface area contributed by atoms with Gasteiger partial charge in [-0.3, -0.25) is 4.99 Å². The van der Waals surface area contributed by atoms with Crippen molar-refractivity contribution < 1.29 is 9.47 Å². The molecule has 2 fully saturated rings. The third kappa shape index (κ3) is 7.80. The van der Waals surface area contributed by atoms with Gasteiger partial charge in [-0.15, -0.1) is 0 Å². The Morgan fingerprint density at radius 3 is 2.80 bits per heavy atom. The molecule has 1 aromatic rings. The van der Waals surface area contributed by atoms with E-state index in [-0.39, 0.29) is 6.10 Å². The van der Waals surface area contributed by atoms with Crippen molar-refractivity contribution in [1.29, 1.82) is 0 Å². The van der Waals surface area contributed by atoms with Crippen LogP contribution in [0.15, 0.2) is 23.2 Å². The predicted molar refractivity (Wildman–Crippen MR) is 123 cm³/mol. The Morgan fingerprint density at radius 1 is 1.17 bits per heavy atom. The molecule has 0 aromatic heterocycles. The third-order valence-corrected chi connectivity index (χ3v) is 5.97. The fraction of sp³-hybridized carbons (Fsp3) is 0.708. The average molecular weight is 417 g/mol. The van der Waals surface area contributed by atoms with Crippen molar-refractivity contribution in [2.75, 3.05) is 46.4 Å². The van der Waals surface area contributed by atoms with Crippen LogP contribution < -0.4 is 15.4 Å². The van der Waals surface area contributed by atoms with Crippen molar-refractivity contribution in [2.24, 2.45) is 4.99 Å². The summed E-state index contributed by atoms with van der Waals surface area (Å²) < 4.78 is 11.6. The Morgan fingerprint density at radius 2 is 2.03 bits per heavy atom. The Balaban J connectivity index is 1.35. The summed E-state index contributed by atoms with van der Waals surface area (Å²) in [5, 5.41) is 6.88. The highest BCUT2D eigenvalue weighted by atomic mass is 16.5. The van der Waals surface area contributed by atoms with E-state index in [0.717, 1.165) is 36.8 Å². The molecule has 0 spiro atoms. The fourth-order valence-electron chi connectivity index (χ4n) is 4.13. The number of benzene rings is 1. The highest BCUT2D eigenvalue weighted by molar-refractivity contribution is 5.79. The molecule has 6 nitrogen and oxygen atoms in total. The summed E-state index contributed by atoms with van der Waals surface area (Å²) in [6, 6.07) is 6.39. The molecular formula is C24H40N4O2. The monoisotopic (exact) mass is 416 g/mol. The number of nitrogens with one attached hydrogen (secondary N) is 2. The molecule has 0 amide bonds. The predicted octanol–water partition coefficient (Wildman–Crippen LogP) is 3.48. The number of piperidine rings is 1. The number of aryl methyl sites for hydroxylation is 1. The summed E-state index contributed by atoms with van der Waals surface area (Å²) in [5.41, 5.74) is 2.36. The van der Waals surface area contributed by atoms with E-state index in [1.807, 2.05) is 7.05 Å². The second kappa shape index (κ2) is 12.8. The van der Waals surface area contributed by atoms with Crippen LogP contribution in [0.25, 0.3) is 0 Å². The Bertz CT molecular complexity index is 653. The quantitative estimate of drug-likeness (QED) is 0.347. The minimum atomic E-state index is 0.160. The van der Waals surface area contributed by atoms with Crippen LogP contribution in [0.2, 0.25) is 0 Å². The molecule has 3 rings (SSSR count). The first-order chi connectivity index (χ1) is 14.7. The first-order valence-electron chi connectivity index (χ1n) is 11.8. The van der Waals surface area contributed by atoms with E-state index in [4.69, 9.17) is 9.47 Å². The molecule has 1 unspecified atom stereocenters. The van der Waals surface area contributed by atoms with Crippen molar-refractivity contribution >= 4 is 5.96 Å². The molecule has 0 bridgehead atoms. The number of unbranched alkanes of at least 4 members (excludes halogenated alkanes) is 2. The molecule has 2 saturated heterocycles. The number of nitrogens with zero attached hydrogens (tertiary/aromatic N) is 2. The molecule has 6 heteroatoms. The van der Waals surface area contributed by atoms with Crippen molar-refractivity contribution in [3.05, 3.63) is 29.3 Å². The van der Waals surface area contributed by atoms with E-state index in [0.29, 0.717) is 13.2 Å².